The average molecular weight is 203 g/mol. The van der Waals surface area contributed by atoms with Crippen molar-refractivity contribution < 1.29 is 5.11 Å². The van der Waals surface area contributed by atoms with Gasteiger partial charge in [-0.1, -0.05) is 42.5 Å². The van der Waals surface area contributed by atoms with E-state index in [1.54, 1.807) is 0 Å². The summed E-state index contributed by atoms with van der Waals surface area (Å²) in [5.41, 5.74) is 0.769. The fraction of sp³-hybridized carbons (Fsp3) is 0.385. The molecule has 1 N–H and O–H groups in total. The van der Waals surface area contributed by atoms with E-state index >= 15 is 0 Å². The van der Waals surface area contributed by atoms with Gasteiger partial charge in [0.2, 0.25) is 0 Å². The monoisotopic (exact) mass is 203 g/mol. The quantitative estimate of drug-likeness (QED) is 0.809. The highest BCUT2D eigenvalue weighted by molar-refractivity contribution is 5.48. The fourth-order valence-electron chi connectivity index (χ4n) is 1.95. The number of rotatable bonds is 3. The summed E-state index contributed by atoms with van der Waals surface area (Å²) in [6.45, 7) is 4.37. The van der Waals surface area contributed by atoms with Crippen molar-refractivity contribution in [3.8, 4) is 0 Å². The van der Waals surface area contributed by atoms with Crippen LogP contribution in [0.4, 0.5) is 0 Å². The molecule has 1 fully saturated rings. The molecule has 1 saturated heterocycles. The van der Waals surface area contributed by atoms with E-state index in [9.17, 15) is 5.11 Å². The molecule has 0 aromatic heterocycles. The van der Waals surface area contributed by atoms with Crippen LogP contribution in [0.3, 0.4) is 0 Å². The first kappa shape index (κ1) is 10.4. The van der Waals surface area contributed by atoms with Crippen molar-refractivity contribution >= 4 is 6.08 Å². The van der Waals surface area contributed by atoms with Crippen molar-refractivity contribution in [1.82, 2.24) is 4.90 Å². The van der Waals surface area contributed by atoms with Gasteiger partial charge in [-0.25, -0.2) is 0 Å². The second kappa shape index (κ2) is 4.17. The number of aliphatic hydroxyl groups is 1. The predicted octanol–water partition coefficient (Wildman–Crippen LogP) is 1.77. The van der Waals surface area contributed by atoms with Gasteiger partial charge in [-0.05, 0) is 12.5 Å². The molecule has 2 nitrogen and oxygen atoms in total. The van der Waals surface area contributed by atoms with E-state index in [2.05, 4.69) is 29.2 Å². The molecule has 0 bridgehead atoms. The first-order valence-corrected chi connectivity index (χ1v) is 5.32. The molecule has 1 aliphatic heterocycles. The zero-order chi connectivity index (χ0) is 10.7. The summed E-state index contributed by atoms with van der Waals surface area (Å²) in [6, 6.07) is 10.3. The summed E-state index contributed by atoms with van der Waals surface area (Å²) in [4.78, 5) is 2.22. The molecule has 0 spiro atoms. The van der Waals surface area contributed by atoms with Crippen LogP contribution in [0, 0.1) is 0 Å². The number of hydrogen-bond donors (Lipinski definition) is 1. The van der Waals surface area contributed by atoms with Gasteiger partial charge in [0.15, 0.2) is 0 Å². The van der Waals surface area contributed by atoms with E-state index in [1.165, 1.54) is 5.56 Å². The van der Waals surface area contributed by atoms with Crippen molar-refractivity contribution in [3.63, 3.8) is 0 Å². The molecular weight excluding hydrogens is 186 g/mol. The van der Waals surface area contributed by atoms with Gasteiger partial charge >= 0.3 is 0 Å². The molecule has 0 unspecified atom stereocenters. The van der Waals surface area contributed by atoms with Gasteiger partial charge in [-0.15, -0.1) is 0 Å². The standard InChI is InChI=1S/C13H17NO/c1-13(15)10-14(11-13)9-5-8-12-6-3-2-4-7-12/h2-8,15H,9-11H2,1H3. The van der Waals surface area contributed by atoms with E-state index in [-0.39, 0.29) is 0 Å². The van der Waals surface area contributed by atoms with Crippen LogP contribution >= 0.6 is 0 Å². The second-order valence-corrected chi connectivity index (χ2v) is 4.48. The third-order valence-corrected chi connectivity index (χ3v) is 2.60. The third kappa shape index (κ3) is 2.91. The molecular formula is C13H17NO. The van der Waals surface area contributed by atoms with E-state index in [4.69, 9.17) is 0 Å². The molecule has 80 valence electrons. The Morgan fingerprint density at radius 2 is 2.00 bits per heavy atom. The van der Waals surface area contributed by atoms with Crippen LogP contribution in [0.1, 0.15) is 12.5 Å². The zero-order valence-electron chi connectivity index (χ0n) is 9.06. The minimum atomic E-state index is -0.458. The molecule has 0 radical (unpaired) electrons. The normalized spacial score (nSPS) is 20.4. The molecule has 1 aromatic carbocycles. The maximum atomic E-state index is 9.53. The molecule has 15 heavy (non-hydrogen) atoms. The van der Waals surface area contributed by atoms with E-state index < -0.39 is 5.60 Å². The van der Waals surface area contributed by atoms with Gasteiger partial charge in [-0.2, -0.15) is 0 Å². The molecule has 1 aliphatic rings. The summed E-state index contributed by atoms with van der Waals surface area (Å²) < 4.78 is 0. The average Bonchev–Trinajstić information content (AvgIpc) is 2.16. The van der Waals surface area contributed by atoms with Gasteiger partial charge in [0.05, 0.1) is 5.60 Å². The number of likely N-dealkylation sites (tertiary alicyclic amines) is 1. The smallest absolute Gasteiger partial charge is 0.0872 e. The number of nitrogens with zero attached hydrogens (tertiary/aromatic N) is 1. The minimum absolute atomic E-state index is 0.458. The molecule has 2 rings (SSSR count). The lowest BCUT2D eigenvalue weighted by Gasteiger charge is -2.43. The summed E-state index contributed by atoms with van der Waals surface area (Å²) in [5, 5.41) is 9.53. The summed E-state index contributed by atoms with van der Waals surface area (Å²) in [6.07, 6.45) is 4.26. The Morgan fingerprint density at radius 3 is 2.60 bits per heavy atom. The first-order valence-electron chi connectivity index (χ1n) is 5.32. The predicted molar refractivity (Wildman–Crippen MR) is 62.5 cm³/mol. The maximum Gasteiger partial charge on any atom is 0.0872 e. The Bertz CT molecular complexity index is 335. The van der Waals surface area contributed by atoms with Crippen molar-refractivity contribution in [2.24, 2.45) is 0 Å². The van der Waals surface area contributed by atoms with Crippen molar-refractivity contribution in [2.45, 2.75) is 12.5 Å². The molecule has 1 aromatic rings. The molecule has 2 heteroatoms. The molecule has 0 amide bonds. The molecule has 0 aliphatic carbocycles. The highest BCUT2D eigenvalue weighted by Crippen LogP contribution is 2.19. The van der Waals surface area contributed by atoms with Crippen molar-refractivity contribution in [3.05, 3.63) is 42.0 Å². The Balaban J connectivity index is 1.78. The van der Waals surface area contributed by atoms with Crippen LogP contribution in [0.25, 0.3) is 6.08 Å². The molecule has 0 saturated carbocycles. The number of benzene rings is 1. The van der Waals surface area contributed by atoms with E-state index in [0.29, 0.717) is 0 Å². The lowest BCUT2D eigenvalue weighted by molar-refractivity contribution is -0.0777. The summed E-state index contributed by atoms with van der Waals surface area (Å²) in [5.74, 6) is 0. The van der Waals surface area contributed by atoms with Crippen LogP contribution in [-0.4, -0.2) is 35.2 Å². The molecule has 1 heterocycles. The lowest BCUT2D eigenvalue weighted by atomic mass is 9.97. The van der Waals surface area contributed by atoms with Crippen LogP contribution < -0.4 is 0 Å². The van der Waals surface area contributed by atoms with Crippen LogP contribution in [0.15, 0.2) is 36.4 Å². The second-order valence-electron chi connectivity index (χ2n) is 4.48. The maximum absolute atomic E-state index is 9.53. The van der Waals surface area contributed by atoms with Crippen molar-refractivity contribution in [1.29, 1.82) is 0 Å². The summed E-state index contributed by atoms with van der Waals surface area (Å²) >= 11 is 0. The number of hydrogen-bond acceptors (Lipinski definition) is 2. The number of β-amino-alcohol motifs (C(OH)–C–C–N with tert-alkyl or cyclic N) is 1. The Kier molecular flexibility index (Phi) is 2.89. The zero-order valence-corrected chi connectivity index (χ0v) is 9.06. The highest BCUT2D eigenvalue weighted by Gasteiger charge is 2.35. The highest BCUT2D eigenvalue weighted by atomic mass is 16.3. The van der Waals surface area contributed by atoms with Gasteiger partial charge in [0.1, 0.15) is 0 Å². The van der Waals surface area contributed by atoms with Crippen LogP contribution in [-0.2, 0) is 0 Å². The van der Waals surface area contributed by atoms with Gasteiger partial charge in [0.25, 0.3) is 0 Å². The largest absolute Gasteiger partial charge is 0.388 e. The first-order chi connectivity index (χ1) is 7.16. The summed E-state index contributed by atoms with van der Waals surface area (Å²) in [7, 11) is 0. The third-order valence-electron chi connectivity index (χ3n) is 2.60. The minimum Gasteiger partial charge on any atom is -0.388 e. The topological polar surface area (TPSA) is 23.5 Å². The fourth-order valence-corrected chi connectivity index (χ4v) is 1.95. The van der Waals surface area contributed by atoms with E-state index in [0.717, 1.165) is 19.6 Å². The van der Waals surface area contributed by atoms with Crippen LogP contribution in [0.2, 0.25) is 0 Å². The Morgan fingerprint density at radius 1 is 1.33 bits per heavy atom. The Hall–Kier alpha value is -1.12. The van der Waals surface area contributed by atoms with E-state index in [1.807, 2.05) is 25.1 Å². The van der Waals surface area contributed by atoms with Crippen molar-refractivity contribution in [2.75, 3.05) is 19.6 Å². The van der Waals surface area contributed by atoms with Crippen LogP contribution in [0.5, 0.6) is 0 Å². The lowest BCUT2D eigenvalue weighted by Crippen LogP contribution is -2.59. The van der Waals surface area contributed by atoms with Gasteiger partial charge in [0, 0.05) is 19.6 Å². The van der Waals surface area contributed by atoms with Gasteiger partial charge in [-0.3, -0.25) is 4.90 Å². The molecule has 0 atom stereocenters. The SMILES string of the molecule is CC1(O)CN(CC=Cc2ccccc2)C1. The Labute approximate surface area is 90.8 Å². The van der Waals surface area contributed by atoms with Gasteiger partial charge < -0.3 is 5.11 Å².